The van der Waals surface area contributed by atoms with Crippen LogP contribution >= 0.6 is 23.1 Å². The molecule has 0 spiro atoms. The first kappa shape index (κ1) is 18.1. The SMILES string of the molecule is C[C@@H](Sc1nnc(NCc2ccc(F)cc2)s1)C(=O)N1CCOCC1. The first-order chi connectivity index (χ1) is 12.1. The molecule has 2 aromatic rings. The normalized spacial score (nSPS) is 15.8. The highest BCUT2D eigenvalue weighted by Gasteiger charge is 2.24. The third-order valence-corrected chi connectivity index (χ3v) is 5.76. The number of anilines is 1. The predicted octanol–water partition coefficient (Wildman–Crippen LogP) is 2.63. The maximum absolute atomic E-state index is 12.9. The van der Waals surface area contributed by atoms with Gasteiger partial charge in [-0.3, -0.25) is 4.79 Å². The lowest BCUT2D eigenvalue weighted by Crippen LogP contribution is -2.44. The van der Waals surface area contributed by atoms with Crippen LogP contribution in [0.3, 0.4) is 0 Å². The number of rotatable bonds is 6. The maximum atomic E-state index is 12.9. The fraction of sp³-hybridized carbons (Fsp3) is 0.438. The molecule has 3 rings (SSSR count). The molecule has 1 saturated heterocycles. The highest BCUT2D eigenvalue weighted by atomic mass is 32.2. The summed E-state index contributed by atoms with van der Waals surface area (Å²) in [6, 6.07) is 6.30. The van der Waals surface area contributed by atoms with E-state index >= 15 is 0 Å². The molecule has 1 fully saturated rings. The lowest BCUT2D eigenvalue weighted by Gasteiger charge is -2.28. The zero-order valence-electron chi connectivity index (χ0n) is 13.8. The second-order valence-electron chi connectivity index (χ2n) is 5.55. The second kappa shape index (κ2) is 8.59. The van der Waals surface area contributed by atoms with Gasteiger partial charge in [0.1, 0.15) is 5.82 Å². The number of benzene rings is 1. The molecule has 1 atom stereocenters. The van der Waals surface area contributed by atoms with E-state index in [1.54, 1.807) is 12.1 Å². The highest BCUT2D eigenvalue weighted by Crippen LogP contribution is 2.30. The Bertz CT molecular complexity index is 704. The number of aromatic nitrogens is 2. The molecule has 0 aliphatic carbocycles. The molecule has 9 heteroatoms. The van der Waals surface area contributed by atoms with Crippen LogP contribution in [0.5, 0.6) is 0 Å². The molecule has 0 unspecified atom stereocenters. The van der Waals surface area contributed by atoms with Crippen molar-refractivity contribution in [2.45, 2.75) is 23.1 Å². The Labute approximate surface area is 153 Å². The Balaban J connectivity index is 1.50. The van der Waals surface area contributed by atoms with Crippen LogP contribution in [0.1, 0.15) is 12.5 Å². The van der Waals surface area contributed by atoms with Gasteiger partial charge in [0.2, 0.25) is 11.0 Å². The van der Waals surface area contributed by atoms with Gasteiger partial charge in [0.15, 0.2) is 4.34 Å². The lowest BCUT2D eigenvalue weighted by molar-refractivity contribution is -0.134. The molecule has 1 N–H and O–H groups in total. The van der Waals surface area contributed by atoms with Gasteiger partial charge >= 0.3 is 0 Å². The van der Waals surface area contributed by atoms with E-state index in [-0.39, 0.29) is 17.0 Å². The summed E-state index contributed by atoms with van der Waals surface area (Å²) in [5.41, 5.74) is 0.960. The summed E-state index contributed by atoms with van der Waals surface area (Å²) in [7, 11) is 0. The number of hydrogen-bond donors (Lipinski definition) is 1. The van der Waals surface area contributed by atoms with Crippen molar-refractivity contribution in [3.8, 4) is 0 Å². The van der Waals surface area contributed by atoms with E-state index in [1.165, 1.54) is 35.2 Å². The van der Waals surface area contributed by atoms with Crippen LogP contribution in [0.2, 0.25) is 0 Å². The third kappa shape index (κ3) is 5.13. The Morgan fingerprint density at radius 1 is 1.36 bits per heavy atom. The number of hydrogen-bond acceptors (Lipinski definition) is 7. The largest absolute Gasteiger partial charge is 0.378 e. The van der Waals surface area contributed by atoms with Crippen molar-refractivity contribution in [1.82, 2.24) is 15.1 Å². The van der Waals surface area contributed by atoms with Crippen LogP contribution in [-0.2, 0) is 16.1 Å². The molecule has 0 radical (unpaired) electrons. The van der Waals surface area contributed by atoms with Gasteiger partial charge in [-0.15, -0.1) is 10.2 Å². The summed E-state index contributed by atoms with van der Waals surface area (Å²) >= 11 is 2.82. The monoisotopic (exact) mass is 382 g/mol. The topological polar surface area (TPSA) is 67.4 Å². The fourth-order valence-corrected chi connectivity index (χ4v) is 4.33. The van der Waals surface area contributed by atoms with E-state index in [2.05, 4.69) is 15.5 Å². The van der Waals surface area contributed by atoms with Gasteiger partial charge in [0, 0.05) is 19.6 Å². The molecule has 6 nitrogen and oxygen atoms in total. The van der Waals surface area contributed by atoms with Crippen LogP contribution < -0.4 is 5.32 Å². The Kier molecular flexibility index (Phi) is 6.22. The maximum Gasteiger partial charge on any atom is 0.236 e. The van der Waals surface area contributed by atoms with Crippen molar-refractivity contribution in [3.63, 3.8) is 0 Å². The highest BCUT2D eigenvalue weighted by molar-refractivity contribution is 8.02. The van der Waals surface area contributed by atoms with Crippen LogP contribution in [0.25, 0.3) is 0 Å². The Morgan fingerprint density at radius 3 is 2.80 bits per heavy atom. The predicted molar refractivity (Wildman–Crippen MR) is 96.4 cm³/mol. The molecule has 0 saturated carbocycles. The van der Waals surface area contributed by atoms with E-state index in [0.29, 0.717) is 38.0 Å². The van der Waals surface area contributed by atoms with E-state index in [9.17, 15) is 9.18 Å². The van der Waals surface area contributed by atoms with Gasteiger partial charge in [0.25, 0.3) is 0 Å². The average Bonchev–Trinajstić information content (AvgIpc) is 3.08. The lowest BCUT2D eigenvalue weighted by atomic mass is 10.2. The molecule has 1 amide bonds. The van der Waals surface area contributed by atoms with E-state index in [0.717, 1.165) is 9.90 Å². The van der Waals surface area contributed by atoms with Crippen molar-refractivity contribution in [3.05, 3.63) is 35.6 Å². The van der Waals surface area contributed by atoms with E-state index in [4.69, 9.17) is 4.74 Å². The van der Waals surface area contributed by atoms with Crippen molar-refractivity contribution in [1.29, 1.82) is 0 Å². The molecule has 1 aliphatic rings. The number of ether oxygens (including phenoxy) is 1. The standard InChI is InChI=1S/C16H19FN4O2S2/c1-11(14(22)21-6-8-23-9-7-21)24-16-20-19-15(25-16)18-10-12-2-4-13(17)5-3-12/h2-5,11H,6-10H2,1H3,(H,18,19)/t11-/m1/s1. The molecular weight excluding hydrogens is 363 g/mol. The Morgan fingerprint density at radius 2 is 2.08 bits per heavy atom. The summed E-state index contributed by atoms with van der Waals surface area (Å²) in [4.78, 5) is 14.2. The summed E-state index contributed by atoms with van der Waals surface area (Å²) in [6.07, 6.45) is 0. The van der Waals surface area contributed by atoms with Crippen molar-refractivity contribution in [2.24, 2.45) is 0 Å². The number of halogens is 1. The fourth-order valence-electron chi connectivity index (χ4n) is 2.35. The molecule has 0 bridgehead atoms. The van der Waals surface area contributed by atoms with Crippen LogP contribution in [0, 0.1) is 5.82 Å². The van der Waals surface area contributed by atoms with Crippen molar-refractivity contribution >= 4 is 34.1 Å². The summed E-state index contributed by atoms with van der Waals surface area (Å²) in [5.74, 6) is -0.151. The minimum atomic E-state index is -0.253. The molecule has 1 aromatic carbocycles. The van der Waals surface area contributed by atoms with Crippen LogP contribution in [0.15, 0.2) is 28.6 Å². The van der Waals surface area contributed by atoms with Gasteiger partial charge in [-0.25, -0.2) is 4.39 Å². The molecule has 2 heterocycles. The summed E-state index contributed by atoms with van der Waals surface area (Å²) in [5, 5.41) is 11.8. The minimum Gasteiger partial charge on any atom is -0.378 e. The van der Waals surface area contributed by atoms with Gasteiger partial charge in [-0.1, -0.05) is 35.2 Å². The van der Waals surface area contributed by atoms with Gasteiger partial charge in [0.05, 0.1) is 18.5 Å². The van der Waals surface area contributed by atoms with Gasteiger partial charge < -0.3 is 15.0 Å². The number of morpholine rings is 1. The number of nitrogens with one attached hydrogen (secondary N) is 1. The number of amides is 1. The quantitative estimate of drug-likeness (QED) is 0.775. The zero-order valence-corrected chi connectivity index (χ0v) is 15.4. The third-order valence-electron chi connectivity index (χ3n) is 3.71. The molecule has 134 valence electrons. The zero-order chi connectivity index (χ0) is 17.6. The number of carbonyl (C=O) groups excluding carboxylic acids is 1. The van der Waals surface area contributed by atoms with Crippen molar-refractivity contribution in [2.75, 3.05) is 31.6 Å². The average molecular weight is 382 g/mol. The van der Waals surface area contributed by atoms with Gasteiger partial charge in [-0.05, 0) is 24.6 Å². The smallest absolute Gasteiger partial charge is 0.236 e. The number of carbonyl (C=O) groups is 1. The second-order valence-corrected chi connectivity index (χ2v) is 8.12. The summed E-state index contributed by atoms with van der Waals surface area (Å²) < 4.78 is 18.9. The van der Waals surface area contributed by atoms with Crippen LogP contribution in [-0.4, -0.2) is 52.6 Å². The van der Waals surface area contributed by atoms with Gasteiger partial charge in [-0.2, -0.15) is 0 Å². The first-order valence-corrected chi connectivity index (χ1v) is 9.66. The Hall–Kier alpha value is -1.71. The molecule has 1 aliphatic heterocycles. The van der Waals surface area contributed by atoms with E-state index < -0.39 is 0 Å². The van der Waals surface area contributed by atoms with E-state index in [1.807, 2.05) is 11.8 Å². The van der Waals surface area contributed by atoms with Crippen molar-refractivity contribution < 1.29 is 13.9 Å². The van der Waals surface area contributed by atoms with Crippen LogP contribution in [0.4, 0.5) is 9.52 Å². The molecular formula is C16H19FN4O2S2. The summed E-state index contributed by atoms with van der Waals surface area (Å²) in [6.45, 7) is 4.91. The first-order valence-electron chi connectivity index (χ1n) is 7.97. The molecule has 25 heavy (non-hydrogen) atoms. The number of thioether (sulfide) groups is 1. The molecule has 1 aromatic heterocycles. The minimum absolute atomic E-state index is 0.101. The number of nitrogens with zero attached hydrogens (tertiary/aromatic N) is 3.